The van der Waals surface area contributed by atoms with Gasteiger partial charge in [0, 0.05) is 12.1 Å². The van der Waals surface area contributed by atoms with Crippen LogP contribution in [0.25, 0.3) is 0 Å². The predicted molar refractivity (Wildman–Crippen MR) is 55.7 cm³/mol. The van der Waals surface area contributed by atoms with Gasteiger partial charge in [-0.1, -0.05) is 0 Å². The molecule has 0 aromatic heterocycles. The summed E-state index contributed by atoms with van der Waals surface area (Å²) in [5.74, 6) is 0.858. The van der Waals surface area contributed by atoms with Crippen LogP contribution in [0.15, 0.2) is 0 Å². The Hall–Kier alpha value is -0.570. The van der Waals surface area contributed by atoms with Gasteiger partial charge in [0.15, 0.2) is 0 Å². The molecular formula is C11H20N2O. The molecule has 0 heterocycles. The number of amides is 1. The van der Waals surface area contributed by atoms with E-state index in [0.717, 1.165) is 12.8 Å². The van der Waals surface area contributed by atoms with E-state index < -0.39 is 0 Å². The summed E-state index contributed by atoms with van der Waals surface area (Å²) in [7, 11) is 0. The molecule has 0 radical (unpaired) electrons. The Morgan fingerprint density at radius 1 is 1.50 bits per heavy atom. The fourth-order valence-electron chi connectivity index (χ4n) is 2.01. The van der Waals surface area contributed by atoms with E-state index in [1.54, 1.807) is 0 Å². The highest BCUT2D eigenvalue weighted by Crippen LogP contribution is 2.46. The molecule has 3 N–H and O–H groups in total. The Bertz CT molecular complexity index is 252. The summed E-state index contributed by atoms with van der Waals surface area (Å²) >= 11 is 0. The Morgan fingerprint density at radius 3 is 2.43 bits per heavy atom. The molecule has 0 atom stereocenters. The van der Waals surface area contributed by atoms with Gasteiger partial charge in [-0.05, 0) is 45.4 Å². The first kappa shape index (κ1) is 9.97. The van der Waals surface area contributed by atoms with Gasteiger partial charge in [-0.25, -0.2) is 0 Å². The molecule has 14 heavy (non-hydrogen) atoms. The van der Waals surface area contributed by atoms with Crippen LogP contribution < -0.4 is 11.1 Å². The first-order valence-corrected chi connectivity index (χ1v) is 5.53. The lowest BCUT2D eigenvalue weighted by Gasteiger charge is -2.28. The fourth-order valence-corrected chi connectivity index (χ4v) is 2.01. The number of rotatable bonds is 4. The summed E-state index contributed by atoms with van der Waals surface area (Å²) in [4.78, 5) is 11.9. The Labute approximate surface area is 85.4 Å². The van der Waals surface area contributed by atoms with Crippen LogP contribution in [0, 0.1) is 11.3 Å². The van der Waals surface area contributed by atoms with E-state index in [1.807, 2.05) is 0 Å². The average Bonchev–Trinajstić information content (AvgIpc) is 2.99. The van der Waals surface area contributed by atoms with Crippen molar-refractivity contribution >= 4 is 5.91 Å². The van der Waals surface area contributed by atoms with Gasteiger partial charge in [-0.2, -0.15) is 0 Å². The lowest BCUT2D eigenvalue weighted by molar-refractivity contribution is -0.127. The molecule has 3 heteroatoms. The summed E-state index contributed by atoms with van der Waals surface area (Å²) in [6, 6.07) is 0. The molecule has 0 saturated heterocycles. The molecule has 0 aliphatic heterocycles. The van der Waals surface area contributed by atoms with Crippen molar-refractivity contribution in [2.75, 3.05) is 6.54 Å². The zero-order valence-corrected chi connectivity index (χ0v) is 9.10. The molecule has 2 saturated carbocycles. The standard InChI is InChI=1S/C11H20N2O/c1-10(2,8-3-4-8)13-9(14)11(7-12)5-6-11/h8H,3-7,12H2,1-2H3,(H,13,14). The van der Waals surface area contributed by atoms with Crippen molar-refractivity contribution in [2.24, 2.45) is 17.1 Å². The minimum atomic E-state index is -0.202. The van der Waals surface area contributed by atoms with E-state index in [9.17, 15) is 4.79 Å². The number of nitrogens with one attached hydrogen (secondary N) is 1. The molecule has 0 aromatic rings. The molecular weight excluding hydrogens is 176 g/mol. The third-order valence-electron chi connectivity index (χ3n) is 3.76. The molecule has 2 aliphatic rings. The first-order valence-electron chi connectivity index (χ1n) is 5.53. The molecule has 2 aliphatic carbocycles. The largest absolute Gasteiger partial charge is 0.350 e. The molecule has 0 bridgehead atoms. The number of hydrogen-bond acceptors (Lipinski definition) is 2. The van der Waals surface area contributed by atoms with Crippen molar-refractivity contribution in [1.82, 2.24) is 5.32 Å². The van der Waals surface area contributed by atoms with Crippen molar-refractivity contribution in [3.8, 4) is 0 Å². The molecule has 1 amide bonds. The van der Waals surface area contributed by atoms with Gasteiger partial charge in [0.2, 0.25) is 5.91 Å². The van der Waals surface area contributed by atoms with Gasteiger partial charge in [-0.15, -0.1) is 0 Å². The van der Waals surface area contributed by atoms with Crippen molar-refractivity contribution in [3.63, 3.8) is 0 Å². The normalized spacial score (nSPS) is 24.5. The number of hydrogen-bond donors (Lipinski definition) is 2. The SMILES string of the molecule is CC(C)(NC(=O)C1(CN)CC1)C1CC1. The Kier molecular flexibility index (Phi) is 2.11. The smallest absolute Gasteiger partial charge is 0.227 e. The van der Waals surface area contributed by atoms with Crippen LogP contribution in [0.5, 0.6) is 0 Å². The Balaban J connectivity index is 1.93. The molecule has 0 unspecified atom stereocenters. The van der Waals surface area contributed by atoms with Crippen LogP contribution in [-0.4, -0.2) is 18.0 Å². The molecule has 3 nitrogen and oxygen atoms in total. The van der Waals surface area contributed by atoms with E-state index in [2.05, 4.69) is 19.2 Å². The summed E-state index contributed by atoms with van der Waals surface area (Å²) in [5, 5.41) is 3.15. The molecule has 2 rings (SSSR count). The van der Waals surface area contributed by atoms with Crippen LogP contribution in [0.1, 0.15) is 39.5 Å². The van der Waals surface area contributed by atoms with E-state index in [0.29, 0.717) is 12.5 Å². The van der Waals surface area contributed by atoms with Gasteiger partial charge in [0.05, 0.1) is 5.41 Å². The third kappa shape index (κ3) is 1.65. The van der Waals surface area contributed by atoms with Crippen LogP contribution in [0.2, 0.25) is 0 Å². The zero-order valence-electron chi connectivity index (χ0n) is 9.10. The maximum Gasteiger partial charge on any atom is 0.227 e. The maximum absolute atomic E-state index is 11.9. The van der Waals surface area contributed by atoms with Crippen molar-refractivity contribution in [3.05, 3.63) is 0 Å². The summed E-state index contributed by atoms with van der Waals surface area (Å²) in [6.45, 7) is 4.74. The summed E-state index contributed by atoms with van der Waals surface area (Å²) in [5.41, 5.74) is 5.39. The zero-order chi connectivity index (χ0) is 10.4. The van der Waals surface area contributed by atoms with E-state index in [1.165, 1.54) is 12.8 Å². The topological polar surface area (TPSA) is 55.1 Å². The number of carbonyl (C=O) groups excluding carboxylic acids is 1. The summed E-state index contributed by atoms with van der Waals surface area (Å²) in [6.07, 6.45) is 4.44. The van der Waals surface area contributed by atoms with Crippen molar-refractivity contribution in [1.29, 1.82) is 0 Å². The lowest BCUT2D eigenvalue weighted by atomic mass is 9.96. The molecule has 2 fully saturated rings. The second-order valence-corrected chi connectivity index (χ2v) is 5.43. The first-order chi connectivity index (χ1) is 6.50. The van der Waals surface area contributed by atoms with Crippen LogP contribution in [0.3, 0.4) is 0 Å². The van der Waals surface area contributed by atoms with Crippen LogP contribution in [0.4, 0.5) is 0 Å². The van der Waals surface area contributed by atoms with E-state index in [-0.39, 0.29) is 16.9 Å². The lowest BCUT2D eigenvalue weighted by Crippen LogP contribution is -2.49. The van der Waals surface area contributed by atoms with Gasteiger partial charge >= 0.3 is 0 Å². The second kappa shape index (κ2) is 2.96. The van der Waals surface area contributed by atoms with E-state index in [4.69, 9.17) is 5.73 Å². The number of carbonyl (C=O) groups is 1. The highest BCUT2D eigenvalue weighted by molar-refractivity contribution is 5.86. The van der Waals surface area contributed by atoms with Gasteiger partial charge in [0.1, 0.15) is 0 Å². The Morgan fingerprint density at radius 2 is 2.07 bits per heavy atom. The highest BCUT2D eigenvalue weighted by atomic mass is 16.2. The molecule has 0 aromatic carbocycles. The fraction of sp³-hybridized carbons (Fsp3) is 0.909. The number of nitrogens with two attached hydrogens (primary N) is 1. The van der Waals surface area contributed by atoms with Crippen molar-refractivity contribution in [2.45, 2.75) is 45.1 Å². The summed E-state index contributed by atoms with van der Waals surface area (Å²) < 4.78 is 0. The minimum absolute atomic E-state index is 0.0259. The monoisotopic (exact) mass is 196 g/mol. The second-order valence-electron chi connectivity index (χ2n) is 5.43. The average molecular weight is 196 g/mol. The molecule has 0 spiro atoms. The van der Waals surface area contributed by atoms with Gasteiger partial charge < -0.3 is 11.1 Å². The molecule has 80 valence electrons. The van der Waals surface area contributed by atoms with Gasteiger partial charge in [0.25, 0.3) is 0 Å². The maximum atomic E-state index is 11.9. The van der Waals surface area contributed by atoms with E-state index >= 15 is 0 Å². The predicted octanol–water partition coefficient (Wildman–Crippen LogP) is 1.03. The van der Waals surface area contributed by atoms with Crippen LogP contribution in [-0.2, 0) is 4.79 Å². The van der Waals surface area contributed by atoms with Gasteiger partial charge in [-0.3, -0.25) is 4.79 Å². The minimum Gasteiger partial charge on any atom is -0.350 e. The third-order valence-corrected chi connectivity index (χ3v) is 3.76. The van der Waals surface area contributed by atoms with Crippen LogP contribution >= 0.6 is 0 Å². The van der Waals surface area contributed by atoms with Crippen molar-refractivity contribution < 1.29 is 4.79 Å². The quantitative estimate of drug-likeness (QED) is 0.705. The highest BCUT2D eigenvalue weighted by Gasteiger charge is 2.51.